The normalized spacial score (nSPS) is 11.3. The average molecular weight is 339 g/mol. The molecule has 2 aromatic carbocycles. The molecule has 0 aliphatic rings. The van der Waals surface area contributed by atoms with Gasteiger partial charge in [0.15, 0.2) is 0 Å². The summed E-state index contributed by atoms with van der Waals surface area (Å²) in [4.78, 5) is 0.0374. The minimum atomic E-state index is -3.81. The van der Waals surface area contributed by atoms with E-state index < -0.39 is 15.8 Å². The van der Waals surface area contributed by atoms with Crippen LogP contribution in [0.5, 0.6) is 11.5 Å². The topological polar surface area (TPSA) is 64.6 Å². The minimum absolute atomic E-state index is 0.0374. The fourth-order valence-electron chi connectivity index (χ4n) is 2.13. The summed E-state index contributed by atoms with van der Waals surface area (Å²) in [5, 5.41) is 0. The molecule has 0 aromatic heterocycles. The molecule has 0 radical (unpaired) electrons. The van der Waals surface area contributed by atoms with E-state index in [-0.39, 0.29) is 17.2 Å². The van der Waals surface area contributed by atoms with Crippen LogP contribution >= 0.6 is 0 Å². The van der Waals surface area contributed by atoms with Gasteiger partial charge in [0.2, 0.25) is 10.0 Å². The molecule has 0 aliphatic heterocycles. The number of benzene rings is 2. The van der Waals surface area contributed by atoms with Gasteiger partial charge in [0, 0.05) is 12.1 Å². The van der Waals surface area contributed by atoms with Gasteiger partial charge in [0.25, 0.3) is 0 Å². The molecule has 0 aliphatic carbocycles. The summed E-state index contributed by atoms with van der Waals surface area (Å²) in [5.41, 5.74) is 1.19. The van der Waals surface area contributed by atoms with E-state index in [9.17, 15) is 12.8 Å². The summed E-state index contributed by atoms with van der Waals surface area (Å²) < 4.78 is 51.0. The molecule has 0 unspecified atom stereocenters. The molecule has 1 N–H and O–H groups in total. The van der Waals surface area contributed by atoms with Crippen LogP contribution in [-0.2, 0) is 16.6 Å². The lowest BCUT2D eigenvalue weighted by molar-refractivity contribution is 0.401. The maximum Gasteiger partial charge on any atom is 0.244 e. The molecule has 23 heavy (non-hydrogen) atoms. The van der Waals surface area contributed by atoms with Gasteiger partial charge in [0.1, 0.15) is 22.2 Å². The predicted molar refractivity (Wildman–Crippen MR) is 84.7 cm³/mol. The van der Waals surface area contributed by atoms with Gasteiger partial charge in [-0.3, -0.25) is 0 Å². The molecule has 0 bridgehead atoms. The third kappa shape index (κ3) is 4.00. The Bertz CT molecular complexity index is 806. The van der Waals surface area contributed by atoms with Crippen molar-refractivity contribution < 1.29 is 22.3 Å². The molecule has 2 rings (SSSR count). The van der Waals surface area contributed by atoms with Crippen molar-refractivity contribution >= 4 is 10.0 Å². The molecule has 2 aromatic rings. The largest absolute Gasteiger partial charge is 0.496 e. The second-order valence-corrected chi connectivity index (χ2v) is 6.67. The summed E-state index contributed by atoms with van der Waals surface area (Å²) in [7, 11) is -0.973. The third-order valence-corrected chi connectivity index (χ3v) is 4.73. The quantitative estimate of drug-likeness (QED) is 0.879. The summed E-state index contributed by atoms with van der Waals surface area (Å²) in [6.07, 6.45) is 0. The zero-order chi connectivity index (χ0) is 17.0. The van der Waals surface area contributed by atoms with Crippen LogP contribution in [0, 0.1) is 12.7 Å². The Morgan fingerprint density at radius 2 is 1.70 bits per heavy atom. The molecule has 124 valence electrons. The van der Waals surface area contributed by atoms with E-state index in [1.54, 1.807) is 19.1 Å². The standard InChI is InChI=1S/C16H18FNO4S/c1-11-4-6-15(22-3)16(8-11)23(19,20)18-10-12-9-13(17)5-7-14(12)21-2/h4-9,18H,10H2,1-3H3. The number of hydrogen-bond acceptors (Lipinski definition) is 4. The highest BCUT2D eigenvalue weighted by Crippen LogP contribution is 2.25. The van der Waals surface area contributed by atoms with Crippen molar-refractivity contribution in [2.24, 2.45) is 0 Å². The molecule has 0 atom stereocenters. The van der Waals surface area contributed by atoms with E-state index in [1.807, 2.05) is 0 Å². The van der Waals surface area contributed by atoms with E-state index in [0.29, 0.717) is 11.3 Å². The molecule has 0 fully saturated rings. The highest BCUT2D eigenvalue weighted by Gasteiger charge is 2.20. The number of methoxy groups -OCH3 is 2. The molecule has 0 amide bonds. The lowest BCUT2D eigenvalue weighted by Gasteiger charge is -2.13. The second-order valence-electron chi connectivity index (χ2n) is 4.94. The second kappa shape index (κ2) is 6.97. The monoisotopic (exact) mass is 339 g/mol. The number of ether oxygens (including phenoxy) is 2. The van der Waals surface area contributed by atoms with Crippen LogP contribution in [0.15, 0.2) is 41.3 Å². The Labute approximate surface area is 135 Å². The van der Waals surface area contributed by atoms with E-state index in [2.05, 4.69) is 4.72 Å². The fourth-order valence-corrected chi connectivity index (χ4v) is 3.39. The summed E-state index contributed by atoms with van der Waals surface area (Å²) in [6, 6.07) is 8.80. The predicted octanol–water partition coefficient (Wildman–Crippen LogP) is 2.63. The van der Waals surface area contributed by atoms with E-state index in [0.717, 1.165) is 5.56 Å². The Balaban J connectivity index is 2.30. The SMILES string of the molecule is COc1ccc(F)cc1CNS(=O)(=O)c1cc(C)ccc1OC. The van der Waals surface area contributed by atoms with E-state index in [1.165, 1.54) is 38.5 Å². The Kier molecular flexibility index (Phi) is 5.23. The summed E-state index contributed by atoms with van der Waals surface area (Å²) in [5.74, 6) is 0.188. The molecule has 7 heteroatoms. The molecule has 0 saturated carbocycles. The van der Waals surface area contributed by atoms with Gasteiger partial charge in [-0.05, 0) is 42.8 Å². The number of sulfonamides is 1. The van der Waals surface area contributed by atoms with Gasteiger partial charge in [-0.2, -0.15) is 0 Å². The van der Waals surface area contributed by atoms with Crippen LogP contribution in [-0.4, -0.2) is 22.6 Å². The smallest absolute Gasteiger partial charge is 0.244 e. The lowest BCUT2D eigenvalue weighted by atomic mass is 10.2. The van der Waals surface area contributed by atoms with E-state index >= 15 is 0 Å². The van der Waals surface area contributed by atoms with Crippen molar-refractivity contribution in [2.45, 2.75) is 18.4 Å². The molecule has 5 nitrogen and oxygen atoms in total. The van der Waals surface area contributed by atoms with Gasteiger partial charge in [-0.25, -0.2) is 17.5 Å². The van der Waals surface area contributed by atoms with Crippen LogP contribution in [0.2, 0.25) is 0 Å². The number of halogens is 1. The van der Waals surface area contributed by atoms with Crippen molar-refractivity contribution in [3.63, 3.8) is 0 Å². The number of hydrogen-bond donors (Lipinski definition) is 1. The van der Waals surface area contributed by atoms with Crippen molar-refractivity contribution in [1.82, 2.24) is 4.72 Å². The van der Waals surface area contributed by atoms with Crippen molar-refractivity contribution in [3.8, 4) is 11.5 Å². The molecular weight excluding hydrogens is 321 g/mol. The zero-order valence-electron chi connectivity index (χ0n) is 13.1. The average Bonchev–Trinajstić information content (AvgIpc) is 2.53. The number of aryl methyl sites for hydroxylation is 1. The van der Waals surface area contributed by atoms with Crippen LogP contribution in [0.25, 0.3) is 0 Å². The first-order valence-corrected chi connectivity index (χ1v) is 8.32. The maximum absolute atomic E-state index is 13.3. The van der Waals surface area contributed by atoms with Gasteiger partial charge in [-0.1, -0.05) is 6.07 Å². The van der Waals surface area contributed by atoms with Crippen LogP contribution in [0.3, 0.4) is 0 Å². The van der Waals surface area contributed by atoms with Gasteiger partial charge in [0.05, 0.1) is 14.2 Å². The first kappa shape index (κ1) is 17.2. The first-order valence-electron chi connectivity index (χ1n) is 6.84. The molecule has 0 heterocycles. The zero-order valence-corrected chi connectivity index (χ0v) is 13.9. The van der Waals surface area contributed by atoms with E-state index in [4.69, 9.17) is 9.47 Å². The highest BCUT2D eigenvalue weighted by molar-refractivity contribution is 7.89. The summed E-state index contributed by atoms with van der Waals surface area (Å²) >= 11 is 0. The van der Waals surface area contributed by atoms with Crippen LogP contribution in [0.4, 0.5) is 4.39 Å². The molecular formula is C16H18FNO4S. The summed E-state index contributed by atoms with van der Waals surface area (Å²) in [6.45, 7) is 1.69. The van der Waals surface area contributed by atoms with Crippen LogP contribution in [0.1, 0.15) is 11.1 Å². The highest BCUT2D eigenvalue weighted by atomic mass is 32.2. The van der Waals surface area contributed by atoms with Crippen molar-refractivity contribution in [3.05, 3.63) is 53.3 Å². The van der Waals surface area contributed by atoms with Crippen molar-refractivity contribution in [1.29, 1.82) is 0 Å². The Morgan fingerprint density at radius 3 is 2.35 bits per heavy atom. The van der Waals surface area contributed by atoms with Crippen molar-refractivity contribution in [2.75, 3.05) is 14.2 Å². The van der Waals surface area contributed by atoms with Crippen LogP contribution < -0.4 is 14.2 Å². The number of rotatable bonds is 6. The van der Waals surface area contributed by atoms with Gasteiger partial charge < -0.3 is 9.47 Å². The Morgan fingerprint density at radius 1 is 1.04 bits per heavy atom. The molecule has 0 saturated heterocycles. The minimum Gasteiger partial charge on any atom is -0.496 e. The lowest BCUT2D eigenvalue weighted by Crippen LogP contribution is -2.24. The van der Waals surface area contributed by atoms with Gasteiger partial charge >= 0.3 is 0 Å². The molecule has 0 spiro atoms. The third-order valence-electron chi connectivity index (χ3n) is 3.30. The fraction of sp³-hybridized carbons (Fsp3) is 0.250. The first-order chi connectivity index (χ1) is 10.9. The van der Waals surface area contributed by atoms with Gasteiger partial charge in [-0.15, -0.1) is 0 Å². The maximum atomic E-state index is 13.3. The number of nitrogens with one attached hydrogen (secondary N) is 1. The Hall–Kier alpha value is -2.12.